The number of rotatable bonds is 4. The standard InChI is InChI=1S/C21H17N9/c22-18(23)20(27-12-6-1-2-7-13(12)28-20)16-10-5-11-17(26-16)21(19(24)25)29-14-8-3-4-9-15(14)30-21/h1-11H,(H3,22,23)(H3,24,25). The molecular formula is C21H17N9. The van der Waals surface area contributed by atoms with Crippen molar-refractivity contribution in [3.05, 3.63) is 99.5 Å². The Morgan fingerprint density at radius 3 is 1.20 bits per heavy atom. The third kappa shape index (κ3) is 2.38. The largest absolute Gasteiger partial charge is 0.384 e. The van der Waals surface area contributed by atoms with Gasteiger partial charge in [0.1, 0.15) is 11.7 Å². The van der Waals surface area contributed by atoms with E-state index in [-0.39, 0.29) is 11.7 Å². The Morgan fingerprint density at radius 2 is 0.900 bits per heavy atom. The molecule has 3 heterocycles. The summed E-state index contributed by atoms with van der Waals surface area (Å²) in [5, 5.41) is 18.9. The average Bonchev–Trinajstić information content (AvgIpc) is 3.34. The van der Waals surface area contributed by atoms with Crippen molar-refractivity contribution in [2.45, 2.75) is 11.3 Å². The topological polar surface area (TPSA) is 162 Å². The lowest BCUT2D eigenvalue weighted by molar-refractivity contribution is 0.567. The minimum Gasteiger partial charge on any atom is -0.384 e. The first-order chi connectivity index (χ1) is 14.4. The van der Waals surface area contributed by atoms with Gasteiger partial charge in [0.15, 0.2) is 0 Å². The van der Waals surface area contributed by atoms with E-state index in [1.807, 2.05) is 48.5 Å². The Morgan fingerprint density at radius 1 is 0.567 bits per heavy atom. The summed E-state index contributed by atoms with van der Waals surface area (Å²) in [4.78, 5) is 23.1. The number of hydrogen-bond acceptors (Lipinski definition) is 7. The van der Waals surface area contributed by atoms with E-state index < -0.39 is 11.3 Å². The number of benzene rings is 2. The van der Waals surface area contributed by atoms with Crippen LogP contribution >= 0.6 is 0 Å². The van der Waals surface area contributed by atoms with Crippen LogP contribution in [0.3, 0.4) is 0 Å². The highest BCUT2D eigenvalue weighted by Crippen LogP contribution is 2.31. The number of nitrogens with zero attached hydrogens (tertiary/aromatic N) is 5. The van der Waals surface area contributed by atoms with Crippen LogP contribution in [-0.4, -0.2) is 16.7 Å². The van der Waals surface area contributed by atoms with Gasteiger partial charge in [-0.3, -0.25) is 10.8 Å². The van der Waals surface area contributed by atoms with Crippen molar-refractivity contribution in [3.8, 4) is 0 Å². The molecule has 0 aliphatic carbocycles. The summed E-state index contributed by atoms with van der Waals surface area (Å²) in [6.07, 6.45) is 0. The summed E-state index contributed by atoms with van der Waals surface area (Å²) in [7, 11) is 0. The van der Waals surface area contributed by atoms with Crippen LogP contribution in [0.2, 0.25) is 0 Å². The van der Waals surface area contributed by atoms with Gasteiger partial charge >= 0.3 is 0 Å². The van der Waals surface area contributed by atoms with Crippen molar-refractivity contribution in [3.63, 3.8) is 0 Å². The summed E-state index contributed by atoms with van der Waals surface area (Å²) in [6, 6.07) is 19.7. The van der Waals surface area contributed by atoms with Gasteiger partial charge in [0, 0.05) is 0 Å². The van der Waals surface area contributed by atoms with E-state index in [1.54, 1.807) is 18.2 Å². The van der Waals surface area contributed by atoms with Crippen molar-refractivity contribution >= 4 is 11.7 Å². The molecule has 0 bridgehead atoms. The Labute approximate surface area is 170 Å². The van der Waals surface area contributed by atoms with Crippen molar-refractivity contribution in [2.75, 3.05) is 0 Å². The molecule has 0 spiro atoms. The minimum absolute atomic E-state index is 0.260. The van der Waals surface area contributed by atoms with Gasteiger partial charge in [-0.15, -0.1) is 0 Å². The minimum atomic E-state index is -1.48. The Hall–Kier alpha value is -4.27. The monoisotopic (exact) mass is 395 g/mol. The fraction of sp³-hybridized carbons (Fsp3) is 0.0952. The molecule has 0 amide bonds. The van der Waals surface area contributed by atoms with Crippen LogP contribution in [0.15, 0.2) is 86.7 Å². The number of aromatic nitrogens is 1. The molecule has 3 aromatic rings. The van der Waals surface area contributed by atoms with Crippen molar-refractivity contribution in [2.24, 2.45) is 31.4 Å². The average molecular weight is 395 g/mol. The van der Waals surface area contributed by atoms with E-state index in [1.165, 1.54) is 0 Å². The van der Waals surface area contributed by atoms with E-state index in [0.29, 0.717) is 32.8 Å². The molecule has 9 nitrogen and oxygen atoms in total. The zero-order valence-corrected chi connectivity index (χ0v) is 15.7. The Balaban J connectivity index is 1.74. The third-order valence-electron chi connectivity index (χ3n) is 5.11. The second kappa shape index (κ2) is 6.11. The highest BCUT2D eigenvalue weighted by atomic mass is 15.2. The van der Waals surface area contributed by atoms with Crippen molar-refractivity contribution in [1.29, 1.82) is 10.8 Å². The van der Waals surface area contributed by atoms with Gasteiger partial charge in [0.05, 0.1) is 32.8 Å². The molecule has 0 unspecified atom stereocenters. The van der Waals surface area contributed by atoms with E-state index in [0.717, 1.165) is 0 Å². The van der Waals surface area contributed by atoms with Crippen LogP contribution in [0.5, 0.6) is 0 Å². The fourth-order valence-electron chi connectivity index (χ4n) is 3.62. The van der Waals surface area contributed by atoms with Gasteiger partial charge in [-0.25, -0.2) is 25.0 Å². The molecule has 0 saturated heterocycles. The number of fused-ring (bicyclic) bond motifs is 2. The lowest BCUT2D eigenvalue weighted by Gasteiger charge is -2.25. The molecular weight excluding hydrogens is 378 g/mol. The molecule has 2 aromatic carbocycles. The number of nitrogens with one attached hydrogen (secondary N) is 2. The van der Waals surface area contributed by atoms with Gasteiger partial charge < -0.3 is 11.5 Å². The summed E-state index contributed by atoms with van der Waals surface area (Å²) in [5.41, 5.74) is 9.61. The first kappa shape index (κ1) is 17.8. The lowest BCUT2D eigenvalue weighted by Crippen LogP contribution is -2.41. The normalized spacial score (nSPS) is 16.8. The maximum absolute atomic E-state index is 8.21. The van der Waals surface area contributed by atoms with Crippen molar-refractivity contribution < 1.29 is 0 Å². The second-order valence-corrected chi connectivity index (χ2v) is 7.00. The predicted octanol–water partition coefficient (Wildman–Crippen LogP) is -0.835. The van der Waals surface area contributed by atoms with Crippen LogP contribution in [0.25, 0.3) is 0 Å². The molecule has 6 N–H and O–H groups in total. The molecule has 2 aliphatic rings. The Kier molecular flexibility index (Phi) is 3.63. The van der Waals surface area contributed by atoms with Crippen LogP contribution in [-0.2, 0) is 11.3 Å². The first-order valence-corrected chi connectivity index (χ1v) is 9.21. The smallest absolute Gasteiger partial charge is 0.250 e. The van der Waals surface area contributed by atoms with Gasteiger partial charge in [-0.2, -0.15) is 0 Å². The lowest BCUT2D eigenvalue weighted by atomic mass is 10.0. The van der Waals surface area contributed by atoms with Crippen LogP contribution < -0.4 is 32.9 Å². The van der Waals surface area contributed by atoms with Gasteiger partial charge in [0.25, 0.3) is 11.3 Å². The molecule has 5 rings (SSSR count). The van der Waals surface area contributed by atoms with E-state index in [2.05, 4.69) is 25.0 Å². The third-order valence-corrected chi connectivity index (χ3v) is 5.11. The fourth-order valence-corrected chi connectivity index (χ4v) is 3.62. The maximum atomic E-state index is 8.21. The quantitative estimate of drug-likeness (QED) is 0.335. The van der Waals surface area contributed by atoms with E-state index in [4.69, 9.17) is 22.3 Å². The molecule has 1 aromatic heterocycles. The highest BCUT2D eigenvalue weighted by Gasteiger charge is 2.43. The van der Waals surface area contributed by atoms with Crippen LogP contribution in [0.4, 0.5) is 0 Å². The number of hydrogen-bond donors (Lipinski definition) is 4. The summed E-state index contributed by atoms with van der Waals surface area (Å²) < 4.78 is 0. The summed E-state index contributed by atoms with van der Waals surface area (Å²) in [5.74, 6) is -0.521. The molecule has 0 saturated carbocycles. The molecule has 0 fully saturated rings. The van der Waals surface area contributed by atoms with Gasteiger partial charge in [-0.1, -0.05) is 30.3 Å². The zero-order chi connectivity index (χ0) is 20.9. The van der Waals surface area contributed by atoms with Crippen molar-refractivity contribution in [1.82, 2.24) is 4.98 Å². The number of para-hydroxylation sites is 4. The summed E-state index contributed by atoms with van der Waals surface area (Å²) in [6.45, 7) is 0. The molecule has 9 heteroatoms. The molecule has 0 atom stereocenters. The first-order valence-electron chi connectivity index (χ1n) is 9.21. The second-order valence-electron chi connectivity index (χ2n) is 7.00. The molecule has 0 radical (unpaired) electrons. The van der Waals surface area contributed by atoms with E-state index in [9.17, 15) is 0 Å². The van der Waals surface area contributed by atoms with Crippen LogP contribution in [0, 0.1) is 10.8 Å². The van der Waals surface area contributed by atoms with Crippen LogP contribution in [0.1, 0.15) is 11.4 Å². The molecule has 2 aliphatic heterocycles. The van der Waals surface area contributed by atoms with Gasteiger partial charge in [-0.05, 0) is 36.4 Å². The number of amidine groups is 2. The molecule has 146 valence electrons. The number of nitrogens with two attached hydrogens (primary N) is 2. The molecule has 30 heavy (non-hydrogen) atoms. The SMILES string of the molecule is N=C(N)C1(c2cccc(C3(C(=N)N)N=c4ccccc4=N3)n2)N=c2ccccc2=N1. The highest BCUT2D eigenvalue weighted by molar-refractivity contribution is 5.89. The number of pyridine rings is 1. The summed E-state index contributed by atoms with van der Waals surface area (Å²) >= 11 is 0. The predicted molar refractivity (Wildman–Crippen MR) is 109 cm³/mol. The Bertz CT molecular complexity index is 1290. The zero-order valence-electron chi connectivity index (χ0n) is 15.7. The maximum Gasteiger partial charge on any atom is 0.250 e. The van der Waals surface area contributed by atoms with Gasteiger partial charge in [0.2, 0.25) is 0 Å². The van der Waals surface area contributed by atoms with E-state index >= 15 is 0 Å².